The molecule has 2 amide bonds. The van der Waals surface area contributed by atoms with E-state index in [9.17, 15) is 18.0 Å². The molecule has 1 fully saturated rings. The monoisotopic (exact) mass is 635 g/mol. The summed E-state index contributed by atoms with van der Waals surface area (Å²) in [6.07, 6.45) is 5.07. The number of carbonyl (C=O) groups excluding carboxylic acids is 2. The summed E-state index contributed by atoms with van der Waals surface area (Å²) < 4.78 is 26.8. The Morgan fingerprint density at radius 1 is 0.878 bits per heavy atom. The first-order chi connectivity index (χ1) is 19.5. The minimum Gasteiger partial charge on any atom is -0.352 e. The third-order valence-electron chi connectivity index (χ3n) is 7.03. The number of hydrogen-bond acceptors (Lipinski definition) is 4. The molecule has 0 saturated heterocycles. The Bertz CT molecular complexity index is 1460. The van der Waals surface area contributed by atoms with Gasteiger partial charge in [0.05, 0.1) is 11.9 Å². The number of halogens is 3. The lowest BCUT2D eigenvalue weighted by molar-refractivity contribution is -0.140. The van der Waals surface area contributed by atoms with Crippen LogP contribution in [0.5, 0.6) is 0 Å². The molecule has 1 unspecified atom stereocenters. The summed E-state index contributed by atoms with van der Waals surface area (Å²) >= 11 is 18.6. The number of nitrogens with zero attached hydrogens (tertiary/aromatic N) is 2. The Balaban J connectivity index is 1.74. The summed E-state index contributed by atoms with van der Waals surface area (Å²) in [5.74, 6) is -0.846. The summed E-state index contributed by atoms with van der Waals surface area (Å²) in [4.78, 5) is 29.4. The van der Waals surface area contributed by atoms with Crippen LogP contribution in [-0.4, -0.2) is 50.0 Å². The van der Waals surface area contributed by atoms with Crippen molar-refractivity contribution >= 4 is 62.3 Å². The van der Waals surface area contributed by atoms with Gasteiger partial charge in [0.2, 0.25) is 21.8 Å². The zero-order valence-corrected chi connectivity index (χ0v) is 25.7. The minimum absolute atomic E-state index is 0.0324. The zero-order chi connectivity index (χ0) is 29.6. The fourth-order valence-electron chi connectivity index (χ4n) is 5.05. The largest absolute Gasteiger partial charge is 0.352 e. The third-order valence-corrected chi connectivity index (χ3v) is 8.84. The Morgan fingerprint density at radius 3 is 2.12 bits per heavy atom. The van der Waals surface area contributed by atoms with Gasteiger partial charge in [-0.1, -0.05) is 90.1 Å². The van der Waals surface area contributed by atoms with Gasteiger partial charge in [0.1, 0.15) is 12.6 Å². The number of hydrogen-bond donors (Lipinski definition) is 1. The first-order valence-electron chi connectivity index (χ1n) is 13.3. The Labute approximate surface area is 256 Å². The lowest BCUT2D eigenvalue weighted by Gasteiger charge is -2.34. The molecule has 1 N–H and O–H groups in total. The van der Waals surface area contributed by atoms with E-state index in [1.54, 1.807) is 18.2 Å². The molecule has 7 nitrogen and oxygen atoms in total. The van der Waals surface area contributed by atoms with Crippen LogP contribution in [-0.2, 0) is 32.6 Å². The van der Waals surface area contributed by atoms with Crippen LogP contribution in [0.2, 0.25) is 15.1 Å². The van der Waals surface area contributed by atoms with Crippen molar-refractivity contribution in [2.45, 2.75) is 50.7 Å². The van der Waals surface area contributed by atoms with Crippen molar-refractivity contribution in [3.05, 3.63) is 99.0 Å². The predicted molar refractivity (Wildman–Crippen MR) is 165 cm³/mol. The van der Waals surface area contributed by atoms with Gasteiger partial charge < -0.3 is 10.2 Å². The maximum atomic E-state index is 14.1. The van der Waals surface area contributed by atoms with Crippen LogP contribution in [0.4, 0.5) is 5.69 Å². The minimum atomic E-state index is -3.94. The SMILES string of the molecule is CS(=O)(=O)N(CC(=O)N(Cc1cccc(Cl)c1)C(Cc1ccccc1)C(=O)NC1CCCC1)c1cc(Cl)cc(Cl)c1. The molecule has 3 aromatic carbocycles. The molecule has 41 heavy (non-hydrogen) atoms. The molecule has 11 heteroatoms. The molecule has 218 valence electrons. The van der Waals surface area contributed by atoms with Gasteiger partial charge in [0.15, 0.2) is 0 Å². The predicted octanol–water partition coefficient (Wildman–Crippen LogP) is 6.11. The summed E-state index contributed by atoms with van der Waals surface area (Å²) in [5, 5.41) is 4.07. The quantitative estimate of drug-likeness (QED) is 0.275. The van der Waals surface area contributed by atoms with Crippen LogP contribution in [0.15, 0.2) is 72.8 Å². The molecule has 0 bridgehead atoms. The number of amides is 2. The number of rotatable bonds is 11. The molecule has 1 aliphatic carbocycles. The number of benzene rings is 3. The van der Waals surface area contributed by atoms with Crippen LogP contribution in [0, 0.1) is 0 Å². The topological polar surface area (TPSA) is 86.8 Å². The Kier molecular flexibility index (Phi) is 10.6. The second-order valence-electron chi connectivity index (χ2n) is 10.2. The van der Waals surface area contributed by atoms with Crippen molar-refractivity contribution in [3.8, 4) is 0 Å². The van der Waals surface area contributed by atoms with E-state index >= 15 is 0 Å². The smallest absolute Gasteiger partial charge is 0.244 e. The van der Waals surface area contributed by atoms with Crippen LogP contribution in [0.1, 0.15) is 36.8 Å². The fourth-order valence-corrected chi connectivity index (χ4v) is 6.61. The standard InChI is InChI=1S/C30H32Cl3N3O4S/c1-41(39,40)36(27-17-24(32)16-25(33)18-27)20-29(37)35(19-22-10-7-11-23(31)14-22)28(15-21-8-3-2-4-9-21)30(38)34-26-12-5-6-13-26/h2-4,7-11,14,16-18,26,28H,5-6,12-13,15,19-20H2,1H3,(H,34,38). The van der Waals surface area contributed by atoms with Gasteiger partial charge in [0.25, 0.3) is 0 Å². The van der Waals surface area contributed by atoms with E-state index in [2.05, 4.69) is 5.32 Å². The molecule has 1 atom stereocenters. The van der Waals surface area contributed by atoms with E-state index in [-0.39, 0.29) is 40.6 Å². The van der Waals surface area contributed by atoms with Crippen molar-refractivity contribution in [1.29, 1.82) is 0 Å². The van der Waals surface area contributed by atoms with Crippen molar-refractivity contribution in [2.24, 2.45) is 0 Å². The zero-order valence-electron chi connectivity index (χ0n) is 22.6. The number of anilines is 1. The molecule has 1 aliphatic rings. The Morgan fingerprint density at radius 2 is 1.51 bits per heavy atom. The molecule has 0 aromatic heterocycles. The van der Waals surface area contributed by atoms with E-state index in [0.29, 0.717) is 10.6 Å². The maximum Gasteiger partial charge on any atom is 0.244 e. The first-order valence-corrected chi connectivity index (χ1v) is 16.3. The van der Waals surface area contributed by atoms with Gasteiger partial charge in [-0.3, -0.25) is 13.9 Å². The lowest BCUT2D eigenvalue weighted by atomic mass is 10.0. The van der Waals surface area contributed by atoms with Crippen LogP contribution >= 0.6 is 34.8 Å². The average molecular weight is 637 g/mol. The number of nitrogens with one attached hydrogen (secondary N) is 1. The summed E-state index contributed by atoms with van der Waals surface area (Å²) in [7, 11) is -3.94. The summed E-state index contributed by atoms with van der Waals surface area (Å²) in [6, 6.07) is 19.9. The molecule has 1 saturated carbocycles. The first kappa shape index (κ1) is 31.2. The average Bonchev–Trinajstić information content (AvgIpc) is 3.41. The highest BCUT2D eigenvalue weighted by molar-refractivity contribution is 7.92. The highest BCUT2D eigenvalue weighted by Crippen LogP contribution is 2.28. The molecule has 4 rings (SSSR count). The van der Waals surface area contributed by atoms with Crippen molar-refractivity contribution in [1.82, 2.24) is 10.2 Å². The lowest BCUT2D eigenvalue weighted by Crippen LogP contribution is -2.54. The van der Waals surface area contributed by atoms with E-state index < -0.39 is 28.5 Å². The van der Waals surface area contributed by atoms with Gasteiger partial charge in [-0.05, 0) is 54.3 Å². The fraction of sp³-hybridized carbons (Fsp3) is 0.333. The molecular formula is C30H32Cl3N3O4S. The van der Waals surface area contributed by atoms with E-state index in [1.165, 1.54) is 23.1 Å². The van der Waals surface area contributed by atoms with Crippen molar-refractivity contribution in [2.75, 3.05) is 17.1 Å². The van der Waals surface area contributed by atoms with Gasteiger partial charge >= 0.3 is 0 Å². The van der Waals surface area contributed by atoms with E-state index in [1.807, 2.05) is 36.4 Å². The summed E-state index contributed by atoms with van der Waals surface area (Å²) in [6.45, 7) is -0.513. The van der Waals surface area contributed by atoms with Crippen molar-refractivity contribution in [3.63, 3.8) is 0 Å². The third kappa shape index (κ3) is 8.85. The molecule has 0 radical (unpaired) electrons. The van der Waals surface area contributed by atoms with Crippen molar-refractivity contribution < 1.29 is 18.0 Å². The van der Waals surface area contributed by atoms with Gasteiger partial charge in [-0.15, -0.1) is 0 Å². The second-order valence-corrected chi connectivity index (χ2v) is 13.5. The molecule has 0 heterocycles. The van der Waals surface area contributed by atoms with Gasteiger partial charge in [0, 0.05) is 34.1 Å². The van der Waals surface area contributed by atoms with Gasteiger partial charge in [-0.2, -0.15) is 0 Å². The van der Waals surface area contributed by atoms with Crippen LogP contribution < -0.4 is 9.62 Å². The number of sulfonamides is 1. The molecule has 0 spiro atoms. The maximum absolute atomic E-state index is 14.1. The normalized spacial score (nSPS) is 14.4. The van der Waals surface area contributed by atoms with E-state index in [4.69, 9.17) is 34.8 Å². The highest BCUT2D eigenvalue weighted by atomic mass is 35.5. The molecular weight excluding hydrogens is 605 g/mol. The number of carbonyl (C=O) groups is 2. The highest BCUT2D eigenvalue weighted by Gasteiger charge is 2.34. The second kappa shape index (κ2) is 13.9. The van der Waals surface area contributed by atoms with E-state index in [0.717, 1.165) is 41.8 Å². The molecule has 0 aliphatic heterocycles. The Hall–Kier alpha value is -2.78. The van der Waals surface area contributed by atoms with Gasteiger partial charge in [-0.25, -0.2) is 8.42 Å². The van der Waals surface area contributed by atoms with Crippen LogP contribution in [0.25, 0.3) is 0 Å². The summed E-state index contributed by atoms with van der Waals surface area (Å²) in [5.41, 5.74) is 1.72. The van der Waals surface area contributed by atoms with Crippen LogP contribution in [0.3, 0.4) is 0 Å². The molecule has 3 aromatic rings.